The van der Waals surface area contributed by atoms with Crippen LogP contribution in [-0.2, 0) is 6.42 Å². The summed E-state index contributed by atoms with van der Waals surface area (Å²) in [6.45, 7) is 0. The lowest BCUT2D eigenvalue weighted by Gasteiger charge is -2.06. The summed E-state index contributed by atoms with van der Waals surface area (Å²) in [6, 6.07) is 6.68. The van der Waals surface area contributed by atoms with E-state index in [-0.39, 0.29) is 11.2 Å². The van der Waals surface area contributed by atoms with Gasteiger partial charge in [-0.05, 0) is 43.4 Å². The van der Waals surface area contributed by atoms with E-state index in [4.69, 9.17) is 6.42 Å². The van der Waals surface area contributed by atoms with Gasteiger partial charge >= 0.3 is 0 Å². The van der Waals surface area contributed by atoms with E-state index in [2.05, 4.69) is 5.92 Å². The van der Waals surface area contributed by atoms with Crippen LogP contribution < -0.4 is 0 Å². The standard InChI is InChI=1S/C13H13F/c1-2-13(9-10-13)8-7-11-3-5-12(14)6-4-11/h1,3-6H,7-10H2. The molecule has 0 aromatic heterocycles. The van der Waals surface area contributed by atoms with E-state index in [1.807, 2.05) is 12.1 Å². The third-order valence-electron chi connectivity index (χ3n) is 2.97. The molecule has 0 radical (unpaired) electrons. The van der Waals surface area contributed by atoms with Crippen LogP contribution >= 0.6 is 0 Å². The van der Waals surface area contributed by atoms with Crippen LogP contribution in [0.2, 0.25) is 0 Å². The van der Waals surface area contributed by atoms with Crippen molar-refractivity contribution in [3.63, 3.8) is 0 Å². The number of halogens is 1. The highest BCUT2D eigenvalue weighted by atomic mass is 19.1. The molecule has 0 atom stereocenters. The molecule has 0 aliphatic heterocycles. The third-order valence-corrected chi connectivity index (χ3v) is 2.97. The fourth-order valence-electron chi connectivity index (χ4n) is 1.65. The summed E-state index contributed by atoms with van der Waals surface area (Å²) in [5.41, 5.74) is 1.35. The quantitative estimate of drug-likeness (QED) is 0.639. The molecule has 0 bridgehead atoms. The fraction of sp³-hybridized carbons (Fsp3) is 0.385. The zero-order valence-corrected chi connectivity index (χ0v) is 8.09. The number of aryl methyl sites for hydroxylation is 1. The highest BCUT2D eigenvalue weighted by Crippen LogP contribution is 2.48. The summed E-state index contributed by atoms with van der Waals surface area (Å²) in [7, 11) is 0. The maximum atomic E-state index is 12.6. The Morgan fingerprint density at radius 1 is 1.29 bits per heavy atom. The molecule has 0 nitrogen and oxygen atoms in total. The molecule has 1 saturated carbocycles. The molecule has 1 aliphatic carbocycles. The molecule has 0 N–H and O–H groups in total. The van der Waals surface area contributed by atoms with Gasteiger partial charge in [-0.3, -0.25) is 0 Å². The SMILES string of the molecule is C#CC1(CCc2ccc(F)cc2)CC1. The highest BCUT2D eigenvalue weighted by Gasteiger charge is 2.39. The van der Waals surface area contributed by atoms with Crippen LogP contribution in [-0.4, -0.2) is 0 Å². The van der Waals surface area contributed by atoms with Gasteiger partial charge in [-0.2, -0.15) is 0 Å². The molecule has 1 heteroatoms. The van der Waals surface area contributed by atoms with Crippen molar-refractivity contribution in [3.8, 4) is 12.3 Å². The van der Waals surface area contributed by atoms with Crippen molar-refractivity contribution >= 4 is 0 Å². The van der Waals surface area contributed by atoms with Gasteiger partial charge < -0.3 is 0 Å². The molecule has 0 heterocycles. The molecule has 0 amide bonds. The van der Waals surface area contributed by atoms with E-state index in [9.17, 15) is 4.39 Å². The molecule has 14 heavy (non-hydrogen) atoms. The predicted octanol–water partition coefficient (Wildman–Crippen LogP) is 3.17. The van der Waals surface area contributed by atoms with Gasteiger partial charge in [-0.15, -0.1) is 6.42 Å². The lowest BCUT2D eigenvalue weighted by atomic mass is 9.98. The summed E-state index contributed by atoms with van der Waals surface area (Å²) in [6.07, 6.45) is 9.76. The van der Waals surface area contributed by atoms with E-state index in [0.717, 1.165) is 25.7 Å². The molecule has 1 aromatic carbocycles. The summed E-state index contributed by atoms with van der Waals surface area (Å²) >= 11 is 0. The Kier molecular flexibility index (Phi) is 2.29. The van der Waals surface area contributed by atoms with Crippen molar-refractivity contribution in [2.75, 3.05) is 0 Å². The molecule has 0 spiro atoms. The van der Waals surface area contributed by atoms with Crippen molar-refractivity contribution < 1.29 is 4.39 Å². The Balaban J connectivity index is 1.93. The van der Waals surface area contributed by atoms with E-state index < -0.39 is 0 Å². The Morgan fingerprint density at radius 3 is 2.43 bits per heavy atom. The number of terminal acetylenes is 1. The minimum atomic E-state index is -0.174. The molecular weight excluding hydrogens is 175 g/mol. The van der Waals surface area contributed by atoms with Crippen LogP contribution in [0, 0.1) is 23.6 Å². The van der Waals surface area contributed by atoms with Gasteiger partial charge in [0.25, 0.3) is 0 Å². The summed E-state index contributed by atoms with van der Waals surface area (Å²) < 4.78 is 12.6. The molecule has 2 rings (SSSR count). The number of hydrogen-bond acceptors (Lipinski definition) is 0. The second-order valence-electron chi connectivity index (χ2n) is 4.05. The Labute approximate surface area is 84.1 Å². The molecular formula is C13H13F. The minimum absolute atomic E-state index is 0.174. The van der Waals surface area contributed by atoms with Crippen molar-refractivity contribution in [1.82, 2.24) is 0 Å². The molecule has 0 unspecified atom stereocenters. The van der Waals surface area contributed by atoms with E-state index in [1.165, 1.54) is 17.7 Å². The first kappa shape index (κ1) is 9.27. The largest absolute Gasteiger partial charge is 0.207 e. The van der Waals surface area contributed by atoms with E-state index in [1.54, 1.807) is 0 Å². The first-order chi connectivity index (χ1) is 6.74. The van der Waals surface area contributed by atoms with E-state index >= 15 is 0 Å². The maximum absolute atomic E-state index is 12.6. The molecule has 72 valence electrons. The van der Waals surface area contributed by atoms with Crippen LogP contribution in [0.1, 0.15) is 24.8 Å². The maximum Gasteiger partial charge on any atom is 0.123 e. The van der Waals surface area contributed by atoms with Gasteiger partial charge in [0.05, 0.1) is 0 Å². The average Bonchev–Trinajstić information content (AvgIpc) is 2.98. The third kappa shape index (κ3) is 1.96. The summed E-state index contributed by atoms with van der Waals surface area (Å²) in [5, 5.41) is 0. The normalized spacial score (nSPS) is 17.4. The van der Waals surface area contributed by atoms with Crippen LogP contribution in [0.4, 0.5) is 4.39 Å². The van der Waals surface area contributed by atoms with Crippen molar-refractivity contribution in [2.45, 2.75) is 25.7 Å². The first-order valence-electron chi connectivity index (χ1n) is 4.96. The minimum Gasteiger partial charge on any atom is -0.207 e. The zero-order valence-electron chi connectivity index (χ0n) is 8.09. The van der Waals surface area contributed by atoms with Crippen LogP contribution in [0.5, 0.6) is 0 Å². The monoisotopic (exact) mass is 188 g/mol. The summed E-state index contributed by atoms with van der Waals surface area (Å²) in [4.78, 5) is 0. The number of benzene rings is 1. The van der Waals surface area contributed by atoms with Crippen LogP contribution in [0.3, 0.4) is 0 Å². The second-order valence-corrected chi connectivity index (χ2v) is 4.05. The molecule has 0 saturated heterocycles. The zero-order chi connectivity index (χ0) is 10.0. The predicted molar refractivity (Wildman–Crippen MR) is 55.2 cm³/mol. The van der Waals surface area contributed by atoms with E-state index in [0.29, 0.717) is 0 Å². The fourth-order valence-corrected chi connectivity index (χ4v) is 1.65. The number of rotatable bonds is 3. The Hall–Kier alpha value is -1.29. The Bertz CT molecular complexity index is 352. The second kappa shape index (κ2) is 3.46. The lowest BCUT2D eigenvalue weighted by Crippen LogP contribution is -1.98. The smallest absolute Gasteiger partial charge is 0.123 e. The van der Waals surface area contributed by atoms with Gasteiger partial charge in [-0.1, -0.05) is 18.1 Å². The van der Waals surface area contributed by atoms with Gasteiger partial charge in [0.1, 0.15) is 5.82 Å². The Morgan fingerprint density at radius 2 is 1.93 bits per heavy atom. The average molecular weight is 188 g/mol. The summed E-state index contributed by atoms with van der Waals surface area (Å²) in [5.74, 6) is 2.69. The first-order valence-corrected chi connectivity index (χ1v) is 4.96. The molecule has 1 aliphatic rings. The van der Waals surface area contributed by atoms with Gasteiger partial charge in [-0.25, -0.2) is 4.39 Å². The van der Waals surface area contributed by atoms with Crippen LogP contribution in [0.25, 0.3) is 0 Å². The molecule has 1 aromatic rings. The van der Waals surface area contributed by atoms with Crippen molar-refractivity contribution in [1.29, 1.82) is 0 Å². The highest BCUT2D eigenvalue weighted by molar-refractivity contribution is 5.20. The van der Waals surface area contributed by atoms with Gasteiger partial charge in [0.2, 0.25) is 0 Å². The van der Waals surface area contributed by atoms with Crippen LogP contribution in [0.15, 0.2) is 24.3 Å². The van der Waals surface area contributed by atoms with Gasteiger partial charge in [0.15, 0.2) is 0 Å². The lowest BCUT2D eigenvalue weighted by molar-refractivity contribution is 0.602. The van der Waals surface area contributed by atoms with Gasteiger partial charge in [0, 0.05) is 5.41 Å². The number of hydrogen-bond donors (Lipinski definition) is 0. The topological polar surface area (TPSA) is 0 Å². The molecule has 1 fully saturated rings. The van der Waals surface area contributed by atoms with Crippen molar-refractivity contribution in [3.05, 3.63) is 35.6 Å². The van der Waals surface area contributed by atoms with Crippen molar-refractivity contribution in [2.24, 2.45) is 5.41 Å².